The molecule has 15 heavy (non-hydrogen) atoms. The first-order valence-electron chi connectivity index (χ1n) is 4.49. The first-order valence-corrected chi connectivity index (χ1v) is 4.49. The Morgan fingerprint density at radius 3 is 3.00 bits per heavy atom. The number of ether oxygens (including phenoxy) is 1. The van der Waals surface area contributed by atoms with Gasteiger partial charge in [0.15, 0.2) is 5.82 Å². The molecular weight excluding hydrogens is 194 g/mol. The van der Waals surface area contributed by atoms with Gasteiger partial charge in [0.1, 0.15) is 18.7 Å². The van der Waals surface area contributed by atoms with Crippen LogP contribution in [0.15, 0.2) is 30.6 Å². The van der Waals surface area contributed by atoms with Gasteiger partial charge in [-0.05, 0) is 12.1 Å². The Bertz CT molecular complexity index is 453. The lowest BCUT2D eigenvalue weighted by Crippen LogP contribution is -1.96. The maximum Gasteiger partial charge on any atom is 0.176 e. The van der Waals surface area contributed by atoms with E-state index in [9.17, 15) is 0 Å². The summed E-state index contributed by atoms with van der Waals surface area (Å²) < 4.78 is 6.69. The Morgan fingerprint density at radius 1 is 1.47 bits per heavy atom. The van der Waals surface area contributed by atoms with Crippen LogP contribution >= 0.6 is 0 Å². The molecular formula is C10H11N3O2. The molecule has 1 aromatic carbocycles. The molecule has 0 aliphatic carbocycles. The van der Waals surface area contributed by atoms with Crippen molar-refractivity contribution < 1.29 is 9.84 Å². The zero-order chi connectivity index (χ0) is 10.7. The minimum absolute atomic E-state index is 0.156. The molecule has 0 bridgehead atoms. The third-order valence-corrected chi connectivity index (χ3v) is 2.00. The van der Waals surface area contributed by atoms with Gasteiger partial charge in [-0.15, -0.1) is 5.10 Å². The summed E-state index contributed by atoms with van der Waals surface area (Å²) >= 11 is 0. The number of benzene rings is 1. The number of methoxy groups -OCH3 is 1. The van der Waals surface area contributed by atoms with Crippen LogP contribution in [-0.2, 0) is 6.61 Å². The number of rotatable bonds is 3. The summed E-state index contributed by atoms with van der Waals surface area (Å²) in [6.45, 7) is -0.156. The van der Waals surface area contributed by atoms with E-state index >= 15 is 0 Å². The molecule has 0 fully saturated rings. The molecule has 2 aromatic rings. The Kier molecular flexibility index (Phi) is 2.64. The van der Waals surface area contributed by atoms with Crippen LogP contribution < -0.4 is 4.74 Å². The molecule has 5 nitrogen and oxygen atoms in total. The Morgan fingerprint density at radius 2 is 2.33 bits per heavy atom. The Labute approximate surface area is 87.0 Å². The predicted octanol–water partition coefficient (Wildman–Crippen LogP) is 0.768. The second-order valence-corrected chi connectivity index (χ2v) is 2.96. The summed E-state index contributed by atoms with van der Waals surface area (Å²) in [5.41, 5.74) is 0.849. The maximum absolute atomic E-state index is 8.84. The molecule has 0 atom stereocenters. The van der Waals surface area contributed by atoms with E-state index in [1.165, 1.54) is 0 Å². The van der Waals surface area contributed by atoms with Crippen LogP contribution in [0.1, 0.15) is 5.82 Å². The van der Waals surface area contributed by atoms with E-state index in [2.05, 4.69) is 10.1 Å². The zero-order valence-corrected chi connectivity index (χ0v) is 8.29. The highest BCUT2D eigenvalue weighted by atomic mass is 16.5. The summed E-state index contributed by atoms with van der Waals surface area (Å²) in [5, 5.41) is 12.9. The van der Waals surface area contributed by atoms with Crippen LogP contribution in [0.4, 0.5) is 0 Å². The van der Waals surface area contributed by atoms with E-state index in [0.717, 1.165) is 11.4 Å². The van der Waals surface area contributed by atoms with Crippen molar-refractivity contribution in [2.45, 2.75) is 6.61 Å². The van der Waals surface area contributed by atoms with E-state index < -0.39 is 0 Å². The van der Waals surface area contributed by atoms with Crippen molar-refractivity contribution in [1.29, 1.82) is 0 Å². The second kappa shape index (κ2) is 4.10. The molecule has 2 rings (SSSR count). The Balaban J connectivity index is 2.35. The highest BCUT2D eigenvalue weighted by molar-refractivity contribution is 5.38. The third-order valence-electron chi connectivity index (χ3n) is 2.00. The summed E-state index contributed by atoms with van der Waals surface area (Å²) in [6.07, 6.45) is 1.56. The lowest BCUT2D eigenvalue weighted by molar-refractivity contribution is 0.271. The van der Waals surface area contributed by atoms with E-state index in [0.29, 0.717) is 5.82 Å². The fourth-order valence-electron chi connectivity index (χ4n) is 1.25. The van der Waals surface area contributed by atoms with Gasteiger partial charge < -0.3 is 9.84 Å². The van der Waals surface area contributed by atoms with E-state index in [1.807, 2.05) is 24.3 Å². The number of hydrogen-bond donors (Lipinski definition) is 1. The van der Waals surface area contributed by atoms with Crippen LogP contribution in [0.3, 0.4) is 0 Å². The molecule has 0 saturated carbocycles. The van der Waals surface area contributed by atoms with Crippen molar-refractivity contribution in [3.05, 3.63) is 36.4 Å². The van der Waals surface area contributed by atoms with E-state index in [-0.39, 0.29) is 6.61 Å². The molecule has 0 spiro atoms. The largest absolute Gasteiger partial charge is 0.497 e. The van der Waals surface area contributed by atoms with Crippen LogP contribution in [0.2, 0.25) is 0 Å². The zero-order valence-electron chi connectivity index (χ0n) is 8.29. The van der Waals surface area contributed by atoms with Gasteiger partial charge in [0.05, 0.1) is 12.8 Å². The molecule has 78 valence electrons. The van der Waals surface area contributed by atoms with Crippen molar-refractivity contribution in [2.75, 3.05) is 7.11 Å². The topological polar surface area (TPSA) is 60.2 Å². The SMILES string of the molecule is COc1cccc(-n2cnc(CO)n2)c1. The van der Waals surface area contributed by atoms with Gasteiger partial charge in [0.25, 0.3) is 0 Å². The molecule has 0 saturated heterocycles. The lowest BCUT2D eigenvalue weighted by atomic mass is 10.3. The van der Waals surface area contributed by atoms with Crippen molar-refractivity contribution in [2.24, 2.45) is 0 Å². The second-order valence-electron chi connectivity index (χ2n) is 2.96. The van der Waals surface area contributed by atoms with Crippen LogP contribution in [0.25, 0.3) is 5.69 Å². The predicted molar refractivity (Wildman–Crippen MR) is 53.8 cm³/mol. The molecule has 1 heterocycles. The van der Waals surface area contributed by atoms with Gasteiger partial charge in [-0.3, -0.25) is 0 Å². The number of hydrogen-bond acceptors (Lipinski definition) is 4. The summed E-state index contributed by atoms with van der Waals surface area (Å²) in [5.74, 6) is 1.16. The van der Waals surface area contributed by atoms with Gasteiger partial charge in [-0.2, -0.15) is 0 Å². The fraction of sp³-hybridized carbons (Fsp3) is 0.200. The molecule has 1 aromatic heterocycles. The van der Waals surface area contributed by atoms with Gasteiger partial charge in [-0.1, -0.05) is 6.07 Å². The summed E-state index contributed by atoms with van der Waals surface area (Å²) in [6, 6.07) is 7.45. The molecule has 0 aliphatic rings. The molecule has 0 unspecified atom stereocenters. The molecule has 0 aliphatic heterocycles. The van der Waals surface area contributed by atoms with Crippen molar-refractivity contribution >= 4 is 0 Å². The Hall–Kier alpha value is -1.88. The number of aliphatic hydroxyl groups excluding tert-OH is 1. The monoisotopic (exact) mass is 205 g/mol. The quantitative estimate of drug-likeness (QED) is 0.804. The van der Waals surface area contributed by atoms with Crippen molar-refractivity contribution in [3.63, 3.8) is 0 Å². The number of nitrogens with zero attached hydrogens (tertiary/aromatic N) is 3. The van der Waals surface area contributed by atoms with Crippen LogP contribution in [0, 0.1) is 0 Å². The van der Waals surface area contributed by atoms with Gasteiger partial charge >= 0.3 is 0 Å². The first kappa shape index (κ1) is 9.67. The van der Waals surface area contributed by atoms with Gasteiger partial charge in [0.2, 0.25) is 0 Å². The minimum atomic E-state index is -0.156. The number of aliphatic hydroxyl groups is 1. The first-order chi connectivity index (χ1) is 7.33. The average Bonchev–Trinajstić information content (AvgIpc) is 2.78. The van der Waals surface area contributed by atoms with Gasteiger partial charge in [0, 0.05) is 6.07 Å². The summed E-state index contributed by atoms with van der Waals surface area (Å²) in [4.78, 5) is 3.93. The highest BCUT2D eigenvalue weighted by Crippen LogP contribution is 2.15. The maximum atomic E-state index is 8.84. The van der Waals surface area contributed by atoms with Crippen LogP contribution in [-0.4, -0.2) is 27.0 Å². The van der Waals surface area contributed by atoms with E-state index in [1.54, 1.807) is 18.1 Å². The van der Waals surface area contributed by atoms with Gasteiger partial charge in [-0.25, -0.2) is 9.67 Å². The van der Waals surface area contributed by atoms with Crippen LogP contribution in [0.5, 0.6) is 5.75 Å². The van der Waals surface area contributed by atoms with E-state index in [4.69, 9.17) is 9.84 Å². The average molecular weight is 205 g/mol. The number of aromatic nitrogens is 3. The highest BCUT2D eigenvalue weighted by Gasteiger charge is 2.02. The standard InChI is InChI=1S/C10H11N3O2/c1-15-9-4-2-3-8(5-9)13-7-11-10(6-14)12-13/h2-5,7,14H,6H2,1H3. The molecule has 5 heteroatoms. The van der Waals surface area contributed by atoms with Crippen molar-refractivity contribution in [1.82, 2.24) is 14.8 Å². The minimum Gasteiger partial charge on any atom is -0.497 e. The lowest BCUT2D eigenvalue weighted by Gasteiger charge is -2.03. The molecule has 1 N–H and O–H groups in total. The summed E-state index contributed by atoms with van der Waals surface area (Å²) in [7, 11) is 1.61. The fourth-order valence-corrected chi connectivity index (χ4v) is 1.25. The third kappa shape index (κ3) is 1.97. The smallest absolute Gasteiger partial charge is 0.176 e. The molecule has 0 radical (unpaired) electrons. The normalized spacial score (nSPS) is 10.3. The molecule has 0 amide bonds. The van der Waals surface area contributed by atoms with Crippen molar-refractivity contribution in [3.8, 4) is 11.4 Å².